The van der Waals surface area contributed by atoms with Gasteiger partial charge in [-0.25, -0.2) is 4.90 Å². The molecule has 3 aromatic carbocycles. The Kier molecular flexibility index (Phi) is 4.94. The molecule has 168 valence electrons. The highest BCUT2D eigenvalue weighted by Gasteiger charge is 2.68. The van der Waals surface area contributed by atoms with Crippen LogP contribution in [0.3, 0.4) is 0 Å². The van der Waals surface area contributed by atoms with Crippen LogP contribution in [0.25, 0.3) is 10.8 Å². The molecule has 0 saturated carbocycles. The SMILES string of the molecule is CCC[C@]1(C(=O)O)N[C@@H](c2ccccc2O)[C@H]2C(=O)N(c3cccc4ccccc34)C(=O)[C@H]21. The van der Waals surface area contributed by atoms with Crippen LogP contribution in [0.5, 0.6) is 5.75 Å². The smallest absolute Gasteiger partial charge is 0.324 e. The van der Waals surface area contributed by atoms with E-state index in [0.717, 1.165) is 15.7 Å². The molecule has 2 aliphatic heterocycles. The molecule has 2 aliphatic rings. The highest BCUT2D eigenvalue weighted by molar-refractivity contribution is 6.26. The van der Waals surface area contributed by atoms with Crippen molar-refractivity contribution >= 4 is 34.2 Å². The van der Waals surface area contributed by atoms with Crippen LogP contribution in [0, 0.1) is 11.8 Å². The molecule has 7 nitrogen and oxygen atoms in total. The fourth-order valence-electron chi connectivity index (χ4n) is 5.59. The van der Waals surface area contributed by atoms with E-state index in [9.17, 15) is 24.6 Å². The average molecular weight is 444 g/mol. The summed E-state index contributed by atoms with van der Waals surface area (Å²) in [6.45, 7) is 1.85. The number of imide groups is 1. The molecule has 0 aromatic heterocycles. The standard InChI is InChI=1S/C26H24N2O5/c1-2-14-26(25(32)33)21-20(22(27-26)17-11-5-6-13-19(17)29)23(30)28(24(21)31)18-12-7-9-15-8-3-4-10-16(15)18/h3-13,20-22,27,29H,2,14H2,1H3,(H,32,33)/t20-,21-,22-,26-/m0/s1. The van der Waals surface area contributed by atoms with Gasteiger partial charge in [0, 0.05) is 17.0 Å². The van der Waals surface area contributed by atoms with Gasteiger partial charge in [-0.3, -0.25) is 19.7 Å². The molecule has 33 heavy (non-hydrogen) atoms. The summed E-state index contributed by atoms with van der Waals surface area (Å²) in [5.74, 6) is -4.24. The first kappa shape index (κ1) is 21.2. The Balaban J connectivity index is 1.70. The Morgan fingerprint density at radius 2 is 1.70 bits per heavy atom. The molecular formula is C26H24N2O5. The van der Waals surface area contributed by atoms with Crippen molar-refractivity contribution in [3.05, 3.63) is 72.3 Å². The minimum absolute atomic E-state index is 0.0460. The predicted molar refractivity (Wildman–Crippen MR) is 123 cm³/mol. The average Bonchev–Trinajstić information content (AvgIpc) is 3.28. The number of carboxylic acids is 1. The second-order valence-electron chi connectivity index (χ2n) is 8.72. The normalized spacial score (nSPS) is 26.7. The zero-order chi connectivity index (χ0) is 23.3. The topological polar surface area (TPSA) is 107 Å². The molecule has 3 aromatic rings. The number of phenols is 1. The molecule has 4 atom stereocenters. The number of nitrogens with zero attached hydrogens (tertiary/aromatic N) is 1. The summed E-state index contributed by atoms with van der Waals surface area (Å²) in [4.78, 5) is 41.4. The number of phenolic OH excluding ortho intramolecular Hbond substituents is 1. The van der Waals surface area contributed by atoms with Gasteiger partial charge in [-0.05, 0) is 23.9 Å². The highest BCUT2D eigenvalue weighted by atomic mass is 16.4. The monoisotopic (exact) mass is 444 g/mol. The minimum atomic E-state index is -1.61. The van der Waals surface area contributed by atoms with Crippen molar-refractivity contribution in [3.63, 3.8) is 0 Å². The van der Waals surface area contributed by atoms with Crippen LogP contribution in [0.1, 0.15) is 31.4 Å². The van der Waals surface area contributed by atoms with Gasteiger partial charge in [0.15, 0.2) is 0 Å². The number of benzene rings is 3. The molecule has 0 spiro atoms. The second-order valence-corrected chi connectivity index (χ2v) is 8.72. The van der Waals surface area contributed by atoms with E-state index in [1.807, 2.05) is 37.3 Å². The van der Waals surface area contributed by atoms with E-state index < -0.39 is 41.2 Å². The summed E-state index contributed by atoms with van der Waals surface area (Å²) in [5, 5.41) is 25.5. The fourth-order valence-corrected chi connectivity index (χ4v) is 5.59. The van der Waals surface area contributed by atoms with Gasteiger partial charge in [-0.1, -0.05) is 67.9 Å². The quantitative estimate of drug-likeness (QED) is 0.519. The van der Waals surface area contributed by atoms with E-state index >= 15 is 0 Å². The highest BCUT2D eigenvalue weighted by Crippen LogP contribution is 2.52. The Bertz CT molecular complexity index is 1280. The third-order valence-corrected chi connectivity index (χ3v) is 6.96. The van der Waals surface area contributed by atoms with Crippen molar-refractivity contribution in [2.75, 3.05) is 4.90 Å². The summed E-state index contributed by atoms with van der Waals surface area (Å²) >= 11 is 0. The predicted octanol–water partition coefficient (Wildman–Crippen LogP) is 3.62. The summed E-state index contributed by atoms with van der Waals surface area (Å²) < 4.78 is 0. The number of fused-ring (bicyclic) bond motifs is 2. The number of amides is 2. The molecule has 2 amide bonds. The van der Waals surface area contributed by atoms with Crippen LogP contribution < -0.4 is 10.2 Å². The summed E-state index contributed by atoms with van der Waals surface area (Å²) in [6, 6.07) is 18.6. The van der Waals surface area contributed by atoms with E-state index in [1.54, 1.807) is 30.3 Å². The second kappa shape index (κ2) is 7.71. The van der Waals surface area contributed by atoms with Crippen molar-refractivity contribution in [3.8, 4) is 5.75 Å². The van der Waals surface area contributed by atoms with Gasteiger partial charge in [0.1, 0.15) is 11.3 Å². The Labute approximate surface area is 190 Å². The van der Waals surface area contributed by atoms with Crippen molar-refractivity contribution in [2.24, 2.45) is 11.8 Å². The zero-order valence-corrected chi connectivity index (χ0v) is 18.1. The lowest BCUT2D eigenvalue weighted by Gasteiger charge is -2.31. The van der Waals surface area contributed by atoms with E-state index in [1.165, 1.54) is 6.07 Å². The van der Waals surface area contributed by atoms with E-state index in [2.05, 4.69) is 5.32 Å². The van der Waals surface area contributed by atoms with Crippen molar-refractivity contribution in [1.29, 1.82) is 0 Å². The summed E-state index contributed by atoms with van der Waals surface area (Å²) in [5.41, 5.74) is -0.754. The lowest BCUT2D eigenvalue weighted by molar-refractivity contribution is -0.149. The third kappa shape index (κ3) is 2.96. The zero-order valence-electron chi connectivity index (χ0n) is 18.1. The van der Waals surface area contributed by atoms with Crippen LogP contribution in [-0.2, 0) is 14.4 Å². The first-order chi connectivity index (χ1) is 15.9. The van der Waals surface area contributed by atoms with Crippen LogP contribution >= 0.6 is 0 Å². The number of para-hydroxylation sites is 1. The van der Waals surface area contributed by atoms with E-state index in [-0.39, 0.29) is 12.2 Å². The molecule has 5 rings (SSSR count). The summed E-state index contributed by atoms with van der Waals surface area (Å²) in [7, 11) is 0. The van der Waals surface area contributed by atoms with Gasteiger partial charge >= 0.3 is 5.97 Å². The van der Waals surface area contributed by atoms with Crippen molar-refractivity contribution < 1.29 is 24.6 Å². The number of carbonyl (C=O) groups excluding carboxylic acids is 2. The molecule has 0 aliphatic carbocycles. The van der Waals surface area contributed by atoms with E-state index in [0.29, 0.717) is 17.7 Å². The lowest BCUT2D eigenvalue weighted by Crippen LogP contribution is -2.55. The number of aliphatic carboxylic acids is 1. The number of carboxylic acid groups (broad SMARTS) is 1. The summed E-state index contributed by atoms with van der Waals surface area (Å²) in [6.07, 6.45) is 0.682. The van der Waals surface area contributed by atoms with E-state index in [4.69, 9.17) is 0 Å². The number of anilines is 1. The molecule has 2 fully saturated rings. The van der Waals surface area contributed by atoms with Crippen LogP contribution in [-0.4, -0.2) is 33.5 Å². The van der Waals surface area contributed by atoms with Gasteiger partial charge in [-0.15, -0.1) is 0 Å². The Hall–Kier alpha value is -3.71. The van der Waals surface area contributed by atoms with Crippen molar-refractivity contribution in [1.82, 2.24) is 5.32 Å². The maximum Gasteiger partial charge on any atom is 0.324 e. The molecule has 0 unspecified atom stereocenters. The number of hydrogen-bond donors (Lipinski definition) is 3. The molecule has 3 N–H and O–H groups in total. The van der Waals surface area contributed by atoms with Gasteiger partial charge in [-0.2, -0.15) is 0 Å². The number of nitrogens with one attached hydrogen (secondary N) is 1. The number of hydrogen-bond acceptors (Lipinski definition) is 5. The Morgan fingerprint density at radius 3 is 2.42 bits per heavy atom. The molecule has 2 heterocycles. The maximum absolute atomic E-state index is 13.8. The van der Waals surface area contributed by atoms with Gasteiger partial charge in [0.2, 0.25) is 11.8 Å². The maximum atomic E-state index is 13.8. The first-order valence-corrected chi connectivity index (χ1v) is 11.0. The van der Waals surface area contributed by atoms with Gasteiger partial charge in [0.05, 0.1) is 17.5 Å². The van der Waals surface area contributed by atoms with Gasteiger partial charge in [0.25, 0.3) is 0 Å². The molecule has 2 saturated heterocycles. The van der Waals surface area contributed by atoms with Crippen LogP contribution in [0.2, 0.25) is 0 Å². The van der Waals surface area contributed by atoms with Crippen LogP contribution in [0.15, 0.2) is 66.7 Å². The lowest BCUT2D eigenvalue weighted by atomic mass is 9.77. The minimum Gasteiger partial charge on any atom is -0.508 e. The largest absolute Gasteiger partial charge is 0.508 e. The fraction of sp³-hybridized carbons (Fsp3) is 0.269. The third-order valence-electron chi connectivity index (χ3n) is 6.96. The Morgan fingerprint density at radius 1 is 1.00 bits per heavy atom. The number of rotatable bonds is 5. The number of aromatic hydroxyl groups is 1. The molecular weight excluding hydrogens is 420 g/mol. The van der Waals surface area contributed by atoms with Crippen molar-refractivity contribution in [2.45, 2.75) is 31.3 Å². The molecule has 0 bridgehead atoms. The number of carbonyl (C=O) groups is 3. The van der Waals surface area contributed by atoms with Crippen LogP contribution in [0.4, 0.5) is 5.69 Å². The molecule has 7 heteroatoms. The molecule has 0 radical (unpaired) electrons. The van der Waals surface area contributed by atoms with Gasteiger partial charge < -0.3 is 10.2 Å². The first-order valence-electron chi connectivity index (χ1n) is 11.0.